The van der Waals surface area contributed by atoms with Crippen LogP contribution in [0.1, 0.15) is 94.0 Å². The first kappa shape index (κ1) is 39.1. The Morgan fingerprint density at radius 2 is 1.47 bits per heavy atom. The first-order chi connectivity index (χ1) is 23.7. The fourth-order valence-corrected chi connectivity index (χ4v) is 6.11. The molecule has 1 aliphatic rings. The zero-order valence-electron chi connectivity index (χ0n) is 29.0. The Balaban J connectivity index is 1.50. The standard InChI is InChI=1S/C41H50ClNO6/c1-4-5-6-7-8-9-10-11-12-13-14-15-16-17-18-19-20-21-39(46)49-29-28-37-41(2,31-38(44)45)35-30-34(48-3)26-27-36(35)43(37)40(47)32-22-24-33(42)25-23-32/h5-6,8-9,11-12,14-15,17-18,22-27,30,37H,4,7,10,13,16,19-21,28-29,31H2,1-3H3,(H,44,45). The topological polar surface area (TPSA) is 93.1 Å². The summed E-state index contributed by atoms with van der Waals surface area (Å²) in [5, 5.41) is 10.4. The first-order valence-electron chi connectivity index (χ1n) is 17.1. The van der Waals surface area contributed by atoms with Crippen LogP contribution in [-0.2, 0) is 19.7 Å². The molecule has 2 aromatic rings. The van der Waals surface area contributed by atoms with Crippen LogP contribution < -0.4 is 9.64 Å². The molecule has 0 saturated heterocycles. The molecule has 2 unspecified atom stereocenters. The summed E-state index contributed by atoms with van der Waals surface area (Å²) in [6.07, 6.45) is 28.1. The second-order valence-corrected chi connectivity index (χ2v) is 12.6. The molecule has 2 atom stereocenters. The van der Waals surface area contributed by atoms with Crippen molar-refractivity contribution in [1.82, 2.24) is 0 Å². The quantitative estimate of drug-likeness (QED) is 0.0846. The summed E-state index contributed by atoms with van der Waals surface area (Å²) in [5.41, 5.74) is 0.772. The third-order valence-electron chi connectivity index (χ3n) is 8.52. The van der Waals surface area contributed by atoms with Crippen LogP contribution in [0.4, 0.5) is 5.69 Å². The number of rotatable bonds is 20. The van der Waals surface area contributed by atoms with Gasteiger partial charge in [0.05, 0.1) is 26.2 Å². The van der Waals surface area contributed by atoms with Gasteiger partial charge in [-0.3, -0.25) is 14.4 Å². The van der Waals surface area contributed by atoms with E-state index in [1.165, 1.54) is 0 Å². The normalized spacial score (nSPS) is 17.6. The van der Waals surface area contributed by atoms with E-state index in [2.05, 4.69) is 67.7 Å². The monoisotopic (exact) mass is 687 g/mol. The fraction of sp³-hybridized carbons (Fsp3) is 0.390. The highest BCUT2D eigenvalue weighted by Gasteiger charge is 2.51. The van der Waals surface area contributed by atoms with Gasteiger partial charge in [0.1, 0.15) is 5.75 Å². The Morgan fingerprint density at radius 1 is 0.878 bits per heavy atom. The van der Waals surface area contributed by atoms with Crippen LogP contribution in [0, 0.1) is 0 Å². The van der Waals surface area contributed by atoms with Gasteiger partial charge in [-0.1, -0.05) is 86.2 Å². The number of hydrogen-bond acceptors (Lipinski definition) is 5. The van der Waals surface area contributed by atoms with E-state index in [1.54, 1.807) is 54.5 Å². The number of unbranched alkanes of at least 4 members (excludes halogenated alkanes) is 1. The Hall–Kier alpha value is -4.36. The van der Waals surface area contributed by atoms with Crippen LogP contribution >= 0.6 is 11.6 Å². The molecule has 3 rings (SSSR count). The maximum absolute atomic E-state index is 13.9. The number of hydrogen-bond donors (Lipinski definition) is 1. The molecule has 0 radical (unpaired) electrons. The van der Waals surface area contributed by atoms with E-state index in [-0.39, 0.29) is 37.7 Å². The highest BCUT2D eigenvalue weighted by molar-refractivity contribution is 6.30. The SMILES string of the molecule is CCC=CCC=CCC=CCC=CCC=CCCCC(=O)OCCC1N(C(=O)c2ccc(Cl)cc2)c2ccc(OC)cc2C1(C)CC(=O)O. The highest BCUT2D eigenvalue weighted by Crippen LogP contribution is 2.50. The minimum atomic E-state index is -0.992. The van der Waals surface area contributed by atoms with E-state index in [0.29, 0.717) is 34.0 Å². The van der Waals surface area contributed by atoms with Gasteiger partial charge in [-0.15, -0.1) is 0 Å². The number of benzene rings is 2. The lowest BCUT2D eigenvalue weighted by atomic mass is 9.74. The minimum Gasteiger partial charge on any atom is -0.497 e. The molecule has 0 bridgehead atoms. The lowest BCUT2D eigenvalue weighted by molar-refractivity contribution is -0.144. The number of carbonyl (C=O) groups excluding carboxylic acids is 2. The van der Waals surface area contributed by atoms with Crippen LogP contribution in [0.15, 0.2) is 103 Å². The van der Waals surface area contributed by atoms with E-state index >= 15 is 0 Å². The molecule has 1 heterocycles. The van der Waals surface area contributed by atoms with E-state index in [0.717, 1.165) is 38.5 Å². The molecule has 49 heavy (non-hydrogen) atoms. The molecule has 0 fully saturated rings. The van der Waals surface area contributed by atoms with E-state index < -0.39 is 17.4 Å². The fourth-order valence-electron chi connectivity index (χ4n) is 5.99. The van der Waals surface area contributed by atoms with E-state index in [4.69, 9.17) is 21.1 Å². The molecular weight excluding hydrogens is 638 g/mol. The summed E-state index contributed by atoms with van der Waals surface area (Å²) in [4.78, 5) is 40.3. The van der Waals surface area contributed by atoms with Gasteiger partial charge in [-0.25, -0.2) is 0 Å². The number of nitrogens with zero attached hydrogens (tertiary/aromatic N) is 1. The number of fused-ring (bicyclic) bond motifs is 1. The summed E-state index contributed by atoms with van der Waals surface area (Å²) in [7, 11) is 1.54. The van der Waals surface area contributed by atoms with E-state index in [9.17, 15) is 19.5 Å². The van der Waals surface area contributed by atoms with Crippen molar-refractivity contribution >= 4 is 35.1 Å². The summed E-state index contributed by atoms with van der Waals surface area (Å²) < 4.78 is 11.0. The van der Waals surface area contributed by atoms with Gasteiger partial charge >= 0.3 is 11.9 Å². The van der Waals surface area contributed by atoms with Crippen LogP contribution in [0.2, 0.25) is 5.02 Å². The van der Waals surface area contributed by atoms with Crippen molar-refractivity contribution in [1.29, 1.82) is 0 Å². The number of carboxylic acid groups (broad SMARTS) is 1. The highest BCUT2D eigenvalue weighted by atomic mass is 35.5. The average Bonchev–Trinajstić information content (AvgIpc) is 3.31. The Labute approximate surface area is 296 Å². The Bertz CT molecular complexity index is 1520. The average molecular weight is 688 g/mol. The maximum atomic E-state index is 13.9. The van der Waals surface area contributed by atoms with Crippen molar-refractivity contribution in [3.05, 3.63) is 119 Å². The van der Waals surface area contributed by atoms with Crippen molar-refractivity contribution in [2.75, 3.05) is 18.6 Å². The van der Waals surface area contributed by atoms with Gasteiger partial charge in [0.2, 0.25) is 0 Å². The minimum absolute atomic E-state index is 0.0515. The molecule has 0 saturated carbocycles. The van der Waals surface area contributed by atoms with Crippen molar-refractivity contribution in [2.45, 2.75) is 89.5 Å². The second-order valence-electron chi connectivity index (χ2n) is 12.2. The summed E-state index contributed by atoms with van der Waals surface area (Å²) >= 11 is 6.07. The summed E-state index contributed by atoms with van der Waals surface area (Å²) in [5.74, 6) is -1.03. The van der Waals surface area contributed by atoms with Gasteiger partial charge in [-0.05, 0) is 93.0 Å². The zero-order chi connectivity index (χ0) is 35.5. The largest absolute Gasteiger partial charge is 0.497 e. The Kier molecular flexibility index (Phi) is 16.7. The smallest absolute Gasteiger partial charge is 0.305 e. The number of halogens is 1. The molecule has 0 spiro atoms. The van der Waals surface area contributed by atoms with Gasteiger partial charge in [0.25, 0.3) is 5.91 Å². The number of allylic oxidation sites excluding steroid dienone is 10. The molecular formula is C41H50ClNO6. The van der Waals surface area contributed by atoms with Crippen molar-refractivity contribution in [3.8, 4) is 5.75 Å². The lowest BCUT2D eigenvalue weighted by Crippen LogP contribution is -2.47. The molecule has 2 aromatic carbocycles. The van der Waals surface area contributed by atoms with Crippen LogP contribution in [0.25, 0.3) is 0 Å². The molecule has 262 valence electrons. The summed E-state index contributed by atoms with van der Waals surface area (Å²) in [6.45, 7) is 4.03. The van der Waals surface area contributed by atoms with Crippen molar-refractivity contribution in [2.24, 2.45) is 0 Å². The number of amides is 1. The molecule has 0 aliphatic carbocycles. The maximum Gasteiger partial charge on any atom is 0.305 e. The number of methoxy groups -OCH3 is 1. The van der Waals surface area contributed by atoms with Crippen molar-refractivity contribution in [3.63, 3.8) is 0 Å². The predicted molar refractivity (Wildman–Crippen MR) is 199 cm³/mol. The number of ether oxygens (including phenoxy) is 2. The molecule has 1 amide bonds. The number of esters is 1. The first-order valence-corrected chi connectivity index (χ1v) is 17.5. The second kappa shape index (κ2) is 20.9. The molecule has 1 aliphatic heterocycles. The van der Waals surface area contributed by atoms with Gasteiger partial charge < -0.3 is 19.5 Å². The molecule has 1 N–H and O–H groups in total. The number of aliphatic carboxylic acids is 1. The number of carboxylic acids is 1. The third-order valence-corrected chi connectivity index (χ3v) is 8.77. The van der Waals surface area contributed by atoms with Crippen LogP contribution in [-0.4, -0.2) is 42.7 Å². The Morgan fingerprint density at radius 3 is 2.04 bits per heavy atom. The van der Waals surface area contributed by atoms with Gasteiger partial charge in [-0.2, -0.15) is 0 Å². The van der Waals surface area contributed by atoms with Gasteiger partial charge in [0, 0.05) is 34.5 Å². The number of carbonyl (C=O) groups is 3. The third kappa shape index (κ3) is 12.2. The van der Waals surface area contributed by atoms with E-state index in [1.807, 2.05) is 6.92 Å². The molecule has 7 nitrogen and oxygen atoms in total. The van der Waals surface area contributed by atoms with Gasteiger partial charge in [0.15, 0.2) is 0 Å². The van der Waals surface area contributed by atoms with Crippen LogP contribution in [0.3, 0.4) is 0 Å². The lowest BCUT2D eigenvalue weighted by Gasteiger charge is -2.35. The molecule has 0 aromatic heterocycles. The zero-order valence-corrected chi connectivity index (χ0v) is 29.7. The van der Waals surface area contributed by atoms with Crippen molar-refractivity contribution < 1.29 is 29.0 Å². The molecule has 8 heteroatoms. The number of anilines is 1. The predicted octanol–water partition coefficient (Wildman–Crippen LogP) is 9.96. The van der Waals surface area contributed by atoms with Crippen LogP contribution in [0.5, 0.6) is 5.75 Å². The summed E-state index contributed by atoms with van der Waals surface area (Å²) in [6, 6.07) is 11.3.